The Morgan fingerprint density at radius 3 is 2.40 bits per heavy atom. The van der Waals surface area contributed by atoms with Gasteiger partial charge in [-0.15, -0.1) is 11.3 Å². The number of aryl methyl sites for hydroxylation is 1. The third-order valence-corrected chi connectivity index (χ3v) is 6.53. The Morgan fingerprint density at radius 2 is 1.80 bits per heavy atom. The molecule has 1 aliphatic carbocycles. The number of aliphatic hydroxyl groups excluding tert-OH is 1. The summed E-state index contributed by atoms with van der Waals surface area (Å²) < 4.78 is 41.6. The molecule has 1 saturated carbocycles. The van der Waals surface area contributed by atoms with Crippen molar-refractivity contribution in [1.82, 2.24) is 4.98 Å². The van der Waals surface area contributed by atoms with Crippen LogP contribution in [0.4, 0.5) is 13.2 Å². The van der Waals surface area contributed by atoms with Crippen LogP contribution in [0.1, 0.15) is 59.4 Å². The first-order valence-corrected chi connectivity index (χ1v) is 9.42. The molecule has 0 amide bonds. The number of nitrogens with zero attached hydrogens (tertiary/aromatic N) is 1. The lowest BCUT2D eigenvalue weighted by molar-refractivity contribution is -0.199. The molecular weight excluding hydrogens is 347 g/mol. The molecule has 0 spiro atoms. The van der Waals surface area contributed by atoms with Gasteiger partial charge in [0.1, 0.15) is 10.4 Å². The summed E-state index contributed by atoms with van der Waals surface area (Å²) in [5, 5.41) is 10.7. The summed E-state index contributed by atoms with van der Waals surface area (Å²) in [5.41, 5.74) is -0.379. The molecule has 1 fully saturated rings. The van der Waals surface area contributed by atoms with Crippen LogP contribution in [-0.2, 0) is 11.8 Å². The van der Waals surface area contributed by atoms with Crippen LogP contribution in [0.25, 0.3) is 0 Å². The molecule has 0 bridgehead atoms. The second-order valence-electron chi connectivity index (χ2n) is 6.81. The summed E-state index contributed by atoms with van der Waals surface area (Å²) in [6.07, 6.45) is -2.59. The molecule has 136 valence electrons. The molecule has 1 aromatic carbocycles. The fourth-order valence-electron chi connectivity index (χ4n) is 3.63. The van der Waals surface area contributed by atoms with E-state index < -0.39 is 17.7 Å². The molecule has 2 nitrogen and oxygen atoms in total. The third-order valence-electron chi connectivity index (χ3n) is 5.07. The largest absolute Gasteiger partial charge is 0.400 e. The van der Waals surface area contributed by atoms with E-state index in [-0.39, 0.29) is 17.8 Å². The molecule has 1 unspecified atom stereocenters. The average molecular weight is 369 g/mol. The van der Waals surface area contributed by atoms with Crippen molar-refractivity contribution in [2.45, 2.75) is 63.1 Å². The van der Waals surface area contributed by atoms with Gasteiger partial charge in [0.05, 0.1) is 16.7 Å². The summed E-state index contributed by atoms with van der Waals surface area (Å²) in [6, 6.07) is 9.46. The van der Waals surface area contributed by atoms with Crippen LogP contribution in [-0.4, -0.2) is 16.3 Å². The molecule has 0 radical (unpaired) electrons. The molecular formula is C19H22F3NOS. The Kier molecular flexibility index (Phi) is 5.21. The molecule has 0 aliphatic heterocycles. The fourth-order valence-corrected chi connectivity index (χ4v) is 4.94. The number of benzene rings is 1. The van der Waals surface area contributed by atoms with Crippen LogP contribution in [0.5, 0.6) is 0 Å². The Balaban J connectivity index is 1.90. The van der Waals surface area contributed by atoms with Crippen molar-refractivity contribution in [3.05, 3.63) is 51.5 Å². The van der Waals surface area contributed by atoms with Gasteiger partial charge in [0.2, 0.25) is 0 Å². The van der Waals surface area contributed by atoms with E-state index in [1.165, 1.54) is 0 Å². The number of hydrogen-bond donors (Lipinski definition) is 1. The molecule has 6 heteroatoms. The molecule has 0 saturated heterocycles. The monoisotopic (exact) mass is 369 g/mol. The van der Waals surface area contributed by atoms with Crippen LogP contribution < -0.4 is 0 Å². The number of aliphatic hydroxyl groups is 1. The van der Waals surface area contributed by atoms with Gasteiger partial charge in [-0.1, -0.05) is 49.6 Å². The average Bonchev–Trinajstić information content (AvgIpc) is 2.98. The first-order valence-electron chi connectivity index (χ1n) is 8.60. The normalized spacial score (nSPS) is 18.9. The van der Waals surface area contributed by atoms with Crippen molar-refractivity contribution in [3.63, 3.8) is 0 Å². The van der Waals surface area contributed by atoms with Gasteiger partial charge in [-0.05, 0) is 25.3 Å². The molecule has 1 heterocycles. The lowest BCUT2D eigenvalue weighted by atomic mass is 9.74. The van der Waals surface area contributed by atoms with Crippen LogP contribution in [0.2, 0.25) is 0 Å². The Morgan fingerprint density at radius 1 is 1.16 bits per heavy atom. The van der Waals surface area contributed by atoms with E-state index in [4.69, 9.17) is 0 Å². The minimum atomic E-state index is -4.31. The zero-order valence-corrected chi connectivity index (χ0v) is 15.0. The van der Waals surface area contributed by atoms with Gasteiger partial charge < -0.3 is 5.11 Å². The van der Waals surface area contributed by atoms with Crippen LogP contribution in [0.3, 0.4) is 0 Å². The number of rotatable bonds is 4. The Hall–Kier alpha value is -1.40. The number of thiazole rings is 1. The minimum absolute atomic E-state index is 0.0949. The first-order chi connectivity index (χ1) is 11.8. The summed E-state index contributed by atoms with van der Waals surface area (Å²) >= 11 is 1.04. The maximum atomic E-state index is 13.9. The van der Waals surface area contributed by atoms with E-state index in [2.05, 4.69) is 4.98 Å². The van der Waals surface area contributed by atoms with Crippen molar-refractivity contribution >= 4 is 11.3 Å². The molecule has 25 heavy (non-hydrogen) atoms. The van der Waals surface area contributed by atoms with Crippen molar-refractivity contribution < 1.29 is 18.3 Å². The minimum Gasteiger partial charge on any atom is -0.387 e. The zero-order chi connectivity index (χ0) is 18.1. The SMILES string of the molecule is Cc1nc(C2(C(F)(F)F)CCCCC2)sc1C(O)Cc1ccccc1. The Bertz CT molecular complexity index is 705. The second kappa shape index (κ2) is 7.08. The van der Waals surface area contributed by atoms with Crippen LogP contribution in [0.15, 0.2) is 30.3 Å². The number of aromatic nitrogens is 1. The van der Waals surface area contributed by atoms with E-state index in [0.717, 1.165) is 23.3 Å². The predicted octanol–water partition coefficient (Wildman–Crippen LogP) is 5.49. The smallest absolute Gasteiger partial charge is 0.387 e. The number of halogens is 3. The van der Waals surface area contributed by atoms with E-state index in [1.54, 1.807) is 6.92 Å². The van der Waals surface area contributed by atoms with Gasteiger partial charge in [0, 0.05) is 6.42 Å². The quantitative estimate of drug-likeness (QED) is 0.773. The summed E-state index contributed by atoms with van der Waals surface area (Å²) in [7, 11) is 0. The second-order valence-corrected chi connectivity index (χ2v) is 7.85. The molecule has 1 aliphatic rings. The molecule has 1 atom stereocenters. The van der Waals surface area contributed by atoms with E-state index in [0.29, 0.717) is 29.8 Å². The van der Waals surface area contributed by atoms with Crippen LogP contribution >= 0.6 is 11.3 Å². The molecule has 3 rings (SSSR count). The first kappa shape index (κ1) is 18.4. The van der Waals surface area contributed by atoms with Gasteiger partial charge in [0.25, 0.3) is 0 Å². The summed E-state index contributed by atoms with van der Waals surface area (Å²) in [6.45, 7) is 1.69. The molecule has 2 aromatic rings. The van der Waals surface area contributed by atoms with Gasteiger partial charge in [-0.2, -0.15) is 13.2 Å². The maximum absolute atomic E-state index is 13.9. The topological polar surface area (TPSA) is 33.1 Å². The van der Waals surface area contributed by atoms with Crippen molar-refractivity contribution in [3.8, 4) is 0 Å². The van der Waals surface area contributed by atoms with Crippen molar-refractivity contribution in [1.29, 1.82) is 0 Å². The third kappa shape index (κ3) is 3.60. The Labute approximate surface area is 149 Å². The highest BCUT2D eigenvalue weighted by Gasteiger charge is 2.57. The number of hydrogen-bond acceptors (Lipinski definition) is 3. The van der Waals surface area contributed by atoms with E-state index in [1.807, 2.05) is 30.3 Å². The standard InChI is InChI=1S/C19H22F3NOS/c1-13-16(15(24)12-14-8-4-2-5-9-14)25-17(23-13)18(19(20,21)22)10-6-3-7-11-18/h2,4-5,8-9,15,24H,3,6-7,10-12H2,1H3. The lowest BCUT2D eigenvalue weighted by Gasteiger charge is -2.37. The zero-order valence-electron chi connectivity index (χ0n) is 14.1. The van der Waals surface area contributed by atoms with E-state index >= 15 is 0 Å². The highest BCUT2D eigenvalue weighted by Crippen LogP contribution is 2.52. The van der Waals surface area contributed by atoms with Gasteiger partial charge in [-0.3, -0.25) is 0 Å². The van der Waals surface area contributed by atoms with E-state index in [9.17, 15) is 18.3 Å². The van der Waals surface area contributed by atoms with Crippen LogP contribution in [0, 0.1) is 6.92 Å². The number of alkyl halides is 3. The summed E-state index contributed by atoms with van der Waals surface area (Å²) in [5.74, 6) is 0. The maximum Gasteiger partial charge on any atom is 0.400 e. The summed E-state index contributed by atoms with van der Waals surface area (Å²) in [4.78, 5) is 4.82. The lowest BCUT2D eigenvalue weighted by Crippen LogP contribution is -2.43. The van der Waals surface area contributed by atoms with Crippen molar-refractivity contribution in [2.75, 3.05) is 0 Å². The fraction of sp³-hybridized carbons (Fsp3) is 0.526. The predicted molar refractivity (Wildman–Crippen MR) is 92.8 cm³/mol. The van der Waals surface area contributed by atoms with Crippen molar-refractivity contribution in [2.24, 2.45) is 0 Å². The van der Waals surface area contributed by atoms with Gasteiger partial charge in [0.15, 0.2) is 0 Å². The highest BCUT2D eigenvalue weighted by atomic mass is 32.1. The van der Waals surface area contributed by atoms with Gasteiger partial charge >= 0.3 is 6.18 Å². The highest BCUT2D eigenvalue weighted by molar-refractivity contribution is 7.12. The molecule has 1 aromatic heterocycles. The van der Waals surface area contributed by atoms with Gasteiger partial charge in [-0.25, -0.2) is 4.98 Å². The molecule has 1 N–H and O–H groups in total.